The summed E-state index contributed by atoms with van der Waals surface area (Å²) in [6.07, 6.45) is 4.79. The lowest BCUT2D eigenvalue weighted by atomic mass is 10.0. The van der Waals surface area contributed by atoms with Gasteiger partial charge in [0.2, 0.25) is 0 Å². The van der Waals surface area contributed by atoms with E-state index in [2.05, 4.69) is 25.1 Å². The molecule has 0 spiro atoms. The zero-order valence-electron chi connectivity index (χ0n) is 13.1. The number of anilines is 1. The second-order valence-electron chi connectivity index (χ2n) is 5.91. The smallest absolute Gasteiger partial charge is 0.260 e. The van der Waals surface area contributed by atoms with Gasteiger partial charge in [0.15, 0.2) is 17.1 Å². The van der Waals surface area contributed by atoms with Crippen molar-refractivity contribution < 1.29 is 9.63 Å². The van der Waals surface area contributed by atoms with E-state index in [1.165, 1.54) is 0 Å². The summed E-state index contributed by atoms with van der Waals surface area (Å²) in [5.41, 5.74) is 0.719. The summed E-state index contributed by atoms with van der Waals surface area (Å²) in [6, 6.07) is 1.95. The van der Waals surface area contributed by atoms with Gasteiger partial charge in [-0.25, -0.2) is 4.98 Å². The maximum Gasteiger partial charge on any atom is 0.260 e. The Morgan fingerprint density at radius 2 is 2.30 bits per heavy atom. The van der Waals surface area contributed by atoms with E-state index in [4.69, 9.17) is 4.52 Å². The Bertz CT molecular complexity index is 857. The molecular weight excluding hydrogens is 296 g/mol. The number of aliphatic hydroxyl groups is 1. The number of aromatic nitrogens is 5. The summed E-state index contributed by atoms with van der Waals surface area (Å²) in [5.74, 6) is 0.916. The second kappa shape index (κ2) is 5.02. The molecule has 0 radical (unpaired) electrons. The Morgan fingerprint density at radius 3 is 3.09 bits per heavy atom. The third-order valence-electron chi connectivity index (χ3n) is 4.38. The minimum Gasteiger partial charge on any atom is -0.378 e. The van der Waals surface area contributed by atoms with Crippen LogP contribution in [0.1, 0.15) is 25.1 Å². The van der Waals surface area contributed by atoms with Gasteiger partial charge in [-0.1, -0.05) is 12.1 Å². The quantitative estimate of drug-likeness (QED) is 0.771. The fourth-order valence-electron chi connectivity index (χ4n) is 3.07. The SMILES string of the molecule is CCc1noc(C2(O)CCN(c3ccnc4c3cnn4C)C2)n1. The summed E-state index contributed by atoms with van der Waals surface area (Å²) >= 11 is 0. The van der Waals surface area contributed by atoms with E-state index in [-0.39, 0.29) is 0 Å². The number of aryl methyl sites for hydroxylation is 2. The molecule has 1 aliphatic heterocycles. The van der Waals surface area contributed by atoms with Gasteiger partial charge in [0.05, 0.1) is 23.8 Å². The zero-order valence-corrected chi connectivity index (χ0v) is 13.1. The van der Waals surface area contributed by atoms with Crippen molar-refractivity contribution in [2.24, 2.45) is 7.05 Å². The molecule has 0 bridgehead atoms. The van der Waals surface area contributed by atoms with Gasteiger partial charge in [-0.05, 0) is 6.07 Å². The molecule has 1 saturated heterocycles. The lowest BCUT2D eigenvalue weighted by Crippen LogP contribution is -2.31. The van der Waals surface area contributed by atoms with Crippen molar-refractivity contribution in [1.82, 2.24) is 24.9 Å². The first kappa shape index (κ1) is 14.1. The van der Waals surface area contributed by atoms with Crippen LogP contribution in [0.4, 0.5) is 5.69 Å². The number of pyridine rings is 1. The molecule has 1 unspecified atom stereocenters. The lowest BCUT2D eigenvalue weighted by Gasteiger charge is -2.21. The largest absolute Gasteiger partial charge is 0.378 e. The van der Waals surface area contributed by atoms with Crippen LogP contribution in [0.3, 0.4) is 0 Å². The van der Waals surface area contributed by atoms with Crippen molar-refractivity contribution in [3.05, 3.63) is 30.2 Å². The van der Waals surface area contributed by atoms with Crippen LogP contribution >= 0.6 is 0 Å². The van der Waals surface area contributed by atoms with Crippen molar-refractivity contribution in [3.8, 4) is 0 Å². The first-order valence-corrected chi connectivity index (χ1v) is 7.68. The molecule has 0 aromatic carbocycles. The van der Waals surface area contributed by atoms with Gasteiger partial charge in [0.1, 0.15) is 0 Å². The van der Waals surface area contributed by atoms with Gasteiger partial charge >= 0.3 is 0 Å². The molecule has 1 aliphatic rings. The Morgan fingerprint density at radius 1 is 1.43 bits per heavy atom. The number of nitrogens with zero attached hydrogens (tertiary/aromatic N) is 6. The standard InChI is InChI=1S/C15H18N6O2/c1-3-12-18-14(23-19-12)15(22)5-7-21(9-15)11-4-6-16-13-10(11)8-17-20(13)2/h4,6,8,22H,3,5,7,9H2,1-2H3. The third-order valence-corrected chi connectivity index (χ3v) is 4.38. The summed E-state index contributed by atoms with van der Waals surface area (Å²) in [6.45, 7) is 3.07. The van der Waals surface area contributed by atoms with E-state index in [0.717, 1.165) is 16.7 Å². The van der Waals surface area contributed by atoms with Crippen LogP contribution in [-0.4, -0.2) is 43.1 Å². The predicted octanol–water partition coefficient (Wildman–Crippen LogP) is 1.01. The Kier molecular flexibility index (Phi) is 3.08. The summed E-state index contributed by atoms with van der Waals surface area (Å²) in [5, 5.41) is 20.0. The van der Waals surface area contributed by atoms with E-state index in [1.807, 2.05) is 20.0 Å². The number of rotatable bonds is 3. The maximum absolute atomic E-state index is 10.9. The molecule has 0 amide bonds. The van der Waals surface area contributed by atoms with Gasteiger partial charge in [0, 0.05) is 32.6 Å². The zero-order chi connectivity index (χ0) is 16.0. The van der Waals surface area contributed by atoms with Crippen LogP contribution < -0.4 is 4.90 Å². The molecule has 4 rings (SSSR count). The van der Waals surface area contributed by atoms with E-state index in [9.17, 15) is 5.11 Å². The fourth-order valence-corrected chi connectivity index (χ4v) is 3.07. The molecule has 4 heterocycles. The van der Waals surface area contributed by atoms with Gasteiger partial charge in [0.25, 0.3) is 5.89 Å². The predicted molar refractivity (Wildman–Crippen MR) is 82.9 cm³/mol. The average Bonchev–Trinajstić information content (AvgIpc) is 3.27. The van der Waals surface area contributed by atoms with Gasteiger partial charge in [-0.3, -0.25) is 4.68 Å². The third kappa shape index (κ3) is 2.17. The fraction of sp³-hybridized carbons (Fsp3) is 0.467. The van der Waals surface area contributed by atoms with Crippen LogP contribution in [-0.2, 0) is 19.1 Å². The van der Waals surface area contributed by atoms with Crippen LogP contribution in [0, 0.1) is 0 Å². The highest BCUT2D eigenvalue weighted by Crippen LogP contribution is 2.36. The van der Waals surface area contributed by atoms with Crippen LogP contribution in [0.15, 0.2) is 23.0 Å². The molecule has 0 saturated carbocycles. The molecule has 8 heteroatoms. The molecule has 1 atom stereocenters. The molecule has 3 aromatic heterocycles. The van der Waals surface area contributed by atoms with Gasteiger partial charge in [-0.2, -0.15) is 10.1 Å². The van der Waals surface area contributed by atoms with Crippen molar-refractivity contribution in [2.45, 2.75) is 25.4 Å². The minimum absolute atomic E-state index is 0.299. The molecule has 0 aliphatic carbocycles. The van der Waals surface area contributed by atoms with E-state index in [1.54, 1.807) is 17.1 Å². The monoisotopic (exact) mass is 314 g/mol. The molecule has 1 N–H and O–H groups in total. The Labute approximate surface area is 132 Å². The molecule has 8 nitrogen and oxygen atoms in total. The Balaban J connectivity index is 1.67. The van der Waals surface area contributed by atoms with Crippen molar-refractivity contribution in [2.75, 3.05) is 18.0 Å². The minimum atomic E-state index is -1.11. The van der Waals surface area contributed by atoms with Crippen molar-refractivity contribution in [3.63, 3.8) is 0 Å². The highest BCUT2D eigenvalue weighted by atomic mass is 16.5. The van der Waals surface area contributed by atoms with Crippen molar-refractivity contribution in [1.29, 1.82) is 0 Å². The van der Waals surface area contributed by atoms with Crippen molar-refractivity contribution >= 4 is 16.7 Å². The molecular formula is C15H18N6O2. The highest BCUT2D eigenvalue weighted by Gasteiger charge is 2.43. The number of hydrogen-bond donors (Lipinski definition) is 1. The number of β-amino-alcohol motifs (C(OH)–C–C–N with tert-alkyl or cyclic N) is 1. The topological polar surface area (TPSA) is 93.1 Å². The lowest BCUT2D eigenvalue weighted by molar-refractivity contribution is 0.0260. The normalized spacial score (nSPS) is 21.4. The summed E-state index contributed by atoms with van der Waals surface area (Å²) in [4.78, 5) is 10.8. The van der Waals surface area contributed by atoms with E-state index in [0.29, 0.717) is 37.6 Å². The average molecular weight is 314 g/mol. The molecule has 23 heavy (non-hydrogen) atoms. The molecule has 3 aromatic rings. The first-order valence-electron chi connectivity index (χ1n) is 7.68. The Hall–Kier alpha value is -2.48. The maximum atomic E-state index is 10.9. The first-order chi connectivity index (χ1) is 11.1. The van der Waals surface area contributed by atoms with Crippen LogP contribution in [0.2, 0.25) is 0 Å². The summed E-state index contributed by atoms with van der Waals surface area (Å²) < 4.78 is 6.99. The number of hydrogen-bond acceptors (Lipinski definition) is 7. The highest BCUT2D eigenvalue weighted by molar-refractivity contribution is 5.89. The second-order valence-corrected chi connectivity index (χ2v) is 5.91. The van der Waals surface area contributed by atoms with Gasteiger partial charge < -0.3 is 14.5 Å². The van der Waals surface area contributed by atoms with E-state index >= 15 is 0 Å². The number of fused-ring (bicyclic) bond motifs is 1. The van der Waals surface area contributed by atoms with Gasteiger partial charge in [-0.15, -0.1) is 0 Å². The molecule has 1 fully saturated rings. The van der Waals surface area contributed by atoms with E-state index < -0.39 is 5.60 Å². The van der Waals surface area contributed by atoms with Crippen LogP contribution in [0.5, 0.6) is 0 Å². The summed E-state index contributed by atoms with van der Waals surface area (Å²) in [7, 11) is 1.87. The molecule has 120 valence electrons. The van der Waals surface area contributed by atoms with Crippen LogP contribution in [0.25, 0.3) is 11.0 Å².